The van der Waals surface area contributed by atoms with E-state index in [0.717, 1.165) is 0 Å². The molecule has 0 bridgehead atoms. The van der Waals surface area contributed by atoms with Gasteiger partial charge in [0, 0.05) is 17.8 Å². The summed E-state index contributed by atoms with van der Waals surface area (Å²) in [6.07, 6.45) is 0. The Kier molecular flexibility index (Phi) is 5.41. The molecule has 0 saturated carbocycles. The van der Waals surface area contributed by atoms with E-state index >= 15 is 0 Å². The van der Waals surface area contributed by atoms with E-state index in [9.17, 15) is 9.59 Å². The number of nitrogens with one attached hydrogen (secondary N) is 2. The van der Waals surface area contributed by atoms with Crippen LogP contribution in [0.5, 0.6) is 0 Å². The number of allylic oxidation sites excluding steroid dienone is 1. The molecule has 2 N–H and O–H groups in total. The molecule has 1 unspecified atom stereocenters. The summed E-state index contributed by atoms with van der Waals surface area (Å²) in [5.41, 5.74) is 1.51. The van der Waals surface area contributed by atoms with Crippen molar-refractivity contribution >= 4 is 23.6 Å². The normalized spacial score (nSPS) is 17.8. The van der Waals surface area contributed by atoms with Gasteiger partial charge in [-0.2, -0.15) is 0 Å². The fraction of sp³-hybridized carbons (Fsp3) is 0.333. The summed E-state index contributed by atoms with van der Waals surface area (Å²) in [7, 11) is 1.52. The zero-order valence-electron chi connectivity index (χ0n) is 12.3. The molecule has 1 aliphatic rings. The molecular weight excluding hydrogens is 308 g/mol. The molecule has 2 rings (SSSR count). The molecule has 0 aliphatic carbocycles. The minimum Gasteiger partial charge on any atom is -0.460 e. The van der Waals surface area contributed by atoms with Crippen molar-refractivity contribution in [3.05, 3.63) is 46.1 Å². The van der Waals surface area contributed by atoms with E-state index in [1.807, 2.05) is 0 Å². The van der Waals surface area contributed by atoms with Crippen molar-refractivity contribution in [3.63, 3.8) is 0 Å². The number of benzene rings is 1. The molecule has 6 nitrogen and oxygen atoms in total. The third-order valence-electron chi connectivity index (χ3n) is 3.19. The molecule has 0 aromatic heterocycles. The monoisotopic (exact) mass is 324 g/mol. The topological polar surface area (TPSA) is 76.7 Å². The van der Waals surface area contributed by atoms with E-state index in [0.29, 0.717) is 28.5 Å². The molecular formula is C15H17ClN2O4. The molecule has 1 aromatic carbocycles. The maximum atomic E-state index is 12.3. The van der Waals surface area contributed by atoms with Crippen LogP contribution >= 0.6 is 11.6 Å². The lowest BCUT2D eigenvalue weighted by Gasteiger charge is -2.28. The summed E-state index contributed by atoms with van der Waals surface area (Å²) >= 11 is 5.99. The van der Waals surface area contributed by atoms with Crippen LogP contribution in [0.1, 0.15) is 18.5 Å². The number of carbonyl (C=O) groups excluding carboxylic acids is 2. The van der Waals surface area contributed by atoms with Crippen LogP contribution in [-0.2, 0) is 14.3 Å². The first-order valence-corrected chi connectivity index (χ1v) is 7.10. The van der Waals surface area contributed by atoms with Crippen LogP contribution in [0, 0.1) is 0 Å². The lowest BCUT2D eigenvalue weighted by molar-refractivity contribution is -0.140. The predicted molar refractivity (Wildman–Crippen MR) is 81.4 cm³/mol. The van der Waals surface area contributed by atoms with Gasteiger partial charge < -0.3 is 20.1 Å². The van der Waals surface area contributed by atoms with Crippen LogP contribution in [0.2, 0.25) is 5.02 Å². The molecule has 0 saturated heterocycles. The van der Waals surface area contributed by atoms with E-state index in [1.54, 1.807) is 31.2 Å². The van der Waals surface area contributed by atoms with Crippen LogP contribution in [0.3, 0.4) is 0 Å². The first kappa shape index (κ1) is 16.3. The summed E-state index contributed by atoms with van der Waals surface area (Å²) in [6, 6.07) is 5.99. The lowest BCUT2D eigenvalue weighted by Crippen LogP contribution is -2.45. The minimum absolute atomic E-state index is 0.141. The molecule has 2 amide bonds. The molecule has 0 fully saturated rings. The number of esters is 1. The Morgan fingerprint density at radius 3 is 2.82 bits per heavy atom. The number of amides is 2. The summed E-state index contributed by atoms with van der Waals surface area (Å²) in [6.45, 7) is 2.10. The van der Waals surface area contributed by atoms with Gasteiger partial charge in [0.1, 0.15) is 6.61 Å². The van der Waals surface area contributed by atoms with Crippen LogP contribution in [0.25, 0.3) is 0 Å². The van der Waals surface area contributed by atoms with Crippen LogP contribution in [0.15, 0.2) is 35.5 Å². The molecule has 0 spiro atoms. The van der Waals surface area contributed by atoms with Crippen molar-refractivity contribution in [2.45, 2.75) is 13.0 Å². The molecule has 0 radical (unpaired) electrons. The molecule has 7 heteroatoms. The van der Waals surface area contributed by atoms with Gasteiger partial charge in [0.2, 0.25) is 0 Å². The van der Waals surface area contributed by atoms with Crippen molar-refractivity contribution < 1.29 is 19.1 Å². The third kappa shape index (κ3) is 3.78. The number of hydrogen-bond acceptors (Lipinski definition) is 4. The molecule has 1 heterocycles. The Morgan fingerprint density at radius 1 is 1.36 bits per heavy atom. The summed E-state index contributed by atoms with van der Waals surface area (Å²) in [5, 5.41) is 5.82. The van der Waals surface area contributed by atoms with Gasteiger partial charge in [0.25, 0.3) is 0 Å². The Bertz CT molecular complexity index is 615. The van der Waals surface area contributed by atoms with Gasteiger partial charge in [-0.15, -0.1) is 0 Å². The van der Waals surface area contributed by atoms with Crippen LogP contribution < -0.4 is 10.6 Å². The van der Waals surface area contributed by atoms with Gasteiger partial charge in [-0.1, -0.05) is 23.7 Å². The molecule has 1 aliphatic heterocycles. The number of hydrogen-bond donors (Lipinski definition) is 2. The number of halogens is 1. The fourth-order valence-electron chi connectivity index (χ4n) is 2.20. The Balaban J connectivity index is 2.30. The SMILES string of the molecule is COCCOC(=O)C1=C(C)NC(=O)NC1c1cccc(Cl)c1. The van der Waals surface area contributed by atoms with Gasteiger partial charge in [0.05, 0.1) is 18.2 Å². The molecule has 1 atom stereocenters. The van der Waals surface area contributed by atoms with Gasteiger partial charge in [-0.05, 0) is 24.6 Å². The van der Waals surface area contributed by atoms with E-state index in [1.165, 1.54) is 7.11 Å². The first-order chi connectivity index (χ1) is 10.5. The van der Waals surface area contributed by atoms with Gasteiger partial charge >= 0.3 is 12.0 Å². The number of rotatable bonds is 5. The van der Waals surface area contributed by atoms with Crippen LogP contribution in [0.4, 0.5) is 4.79 Å². The summed E-state index contributed by atoms with van der Waals surface area (Å²) in [4.78, 5) is 24.0. The average molecular weight is 325 g/mol. The Hall–Kier alpha value is -2.05. The molecule has 118 valence electrons. The lowest BCUT2D eigenvalue weighted by atomic mass is 9.96. The average Bonchev–Trinajstić information content (AvgIpc) is 2.46. The third-order valence-corrected chi connectivity index (χ3v) is 3.43. The Labute approximate surface area is 133 Å². The second-order valence-corrected chi connectivity index (χ2v) is 5.19. The zero-order valence-corrected chi connectivity index (χ0v) is 13.1. The Morgan fingerprint density at radius 2 is 2.14 bits per heavy atom. The molecule has 1 aromatic rings. The number of urea groups is 1. The quantitative estimate of drug-likeness (QED) is 0.643. The second kappa shape index (κ2) is 7.29. The minimum atomic E-state index is -0.609. The van der Waals surface area contributed by atoms with Crippen molar-refractivity contribution in [1.82, 2.24) is 10.6 Å². The van der Waals surface area contributed by atoms with Crippen LogP contribution in [-0.4, -0.2) is 32.3 Å². The maximum Gasteiger partial charge on any atom is 0.338 e. The van der Waals surface area contributed by atoms with Crippen molar-refractivity contribution in [2.75, 3.05) is 20.3 Å². The zero-order chi connectivity index (χ0) is 16.1. The van der Waals surface area contributed by atoms with Crippen molar-refractivity contribution in [2.24, 2.45) is 0 Å². The van der Waals surface area contributed by atoms with E-state index in [4.69, 9.17) is 21.1 Å². The molecule has 22 heavy (non-hydrogen) atoms. The van der Waals surface area contributed by atoms with Gasteiger partial charge in [-0.25, -0.2) is 9.59 Å². The highest BCUT2D eigenvalue weighted by atomic mass is 35.5. The second-order valence-electron chi connectivity index (χ2n) is 4.75. The fourth-order valence-corrected chi connectivity index (χ4v) is 2.39. The number of methoxy groups -OCH3 is 1. The van der Waals surface area contributed by atoms with Gasteiger partial charge in [0.15, 0.2) is 0 Å². The highest BCUT2D eigenvalue weighted by Gasteiger charge is 2.32. The van der Waals surface area contributed by atoms with E-state index in [-0.39, 0.29) is 12.6 Å². The van der Waals surface area contributed by atoms with E-state index in [2.05, 4.69) is 10.6 Å². The highest BCUT2D eigenvalue weighted by Crippen LogP contribution is 2.28. The maximum absolute atomic E-state index is 12.3. The number of ether oxygens (including phenoxy) is 2. The standard InChI is InChI=1S/C15H17ClN2O4/c1-9-12(14(19)22-7-6-21-2)13(18-15(20)17-9)10-4-3-5-11(16)8-10/h3-5,8,13H,6-7H2,1-2H3,(H2,17,18,20). The van der Waals surface area contributed by atoms with Crippen molar-refractivity contribution in [1.29, 1.82) is 0 Å². The smallest absolute Gasteiger partial charge is 0.338 e. The van der Waals surface area contributed by atoms with E-state index < -0.39 is 12.0 Å². The summed E-state index contributed by atoms with van der Waals surface area (Å²) in [5.74, 6) is -0.507. The first-order valence-electron chi connectivity index (χ1n) is 6.72. The highest BCUT2D eigenvalue weighted by molar-refractivity contribution is 6.30. The number of carbonyl (C=O) groups is 2. The largest absolute Gasteiger partial charge is 0.460 e. The summed E-state index contributed by atoms with van der Waals surface area (Å²) < 4.78 is 10.0. The van der Waals surface area contributed by atoms with Crippen molar-refractivity contribution in [3.8, 4) is 0 Å². The van der Waals surface area contributed by atoms with Gasteiger partial charge in [-0.3, -0.25) is 0 Å². The predicted octanol–water partition coefficient (Wildman–Crippen LogP) is 2.16.